The van der Waals surface area contributed by atoms with E-state index >= 15 is 0 Å². The zero-order valence-electron chi connectivity index (χ0n) is 11.4. The van der Waals surface area contributed by atoms with Crippen LogP contribution in [-0.2, 0) is 16.0 Å². The van der Waals surface area contributed by atoms with Gasteiger partial charge in [-0.1, -0.05) is 40.2 Å². The highest BCUT2D eigenvalue weighted by Crippen LogP contribution is 2.17. The predicted molar refractivity (Wildman–Crippen MR) is 84.3 cm³/mol. The maximum atomic E-state index is 12.0. The molecule has 2 aromatic rings. The summed E-state index contributed by atoms with van der Waals surface area (Å²) in [6, 6.07) is 14.2. The fourth-order valence-corrected chi connectivity index (χ4v) is 2.29. The van der Waals surface area contributed by atoms with E-state index in [1.165, 1.54) is 7.11 Å². The molecule has 1 amide bonds. The lowest BCUT2D eigenvalue weighted by atomic mass is 10.1. The lowest BCUT2D eigenvalue weighted by Gasteiger charge is -2.08. The monoisotopic (exact) mass is 347 g/mol. The molecule has 5 heteroatoms. The predicted octanol–water partition coefficient (Wildman–Crippen LogP) is 3.42. The van der Waals surface area contributed by atoms with Crippen LogP contribution in [-0.4, -0.2) is 19.0 Å². The third-order valence-electron chi connectivity index (χ3n) is 2.88. The van der Waals surface area contributed by atoms with Gasteiger partial charge in [0.15, 0.2) is 0 Å². The molecule has 0 aliphatic carbocycles. The van der Waals surface area contributed by atoms with Gasteiger partial charge in [0.1, 0.15) is 0 Å². The largest absolute Gasteiger partial charge is 0.465 e. The van der Waals surface area contributed by atoms with Gasteiger partial charge in [-0.2, -0.15) is 0 Å². The van der Waals surface area contributed by atoms with Crippen molar-refractivity contribution in [2.24, 2.45) is 0 Å². The Hall–Kier alpha value is -2.14. The molecule has 0 fully saturated rings. The molecule has 0 saturated heterocycles. The Morgan fingerprint density at radius 3 is 2.62 bits per heavy atom. The van der Waals surface area contributed by atoms with Crippen LogP contribution >= 0.6 is 15.9 Å². The van der Waals surface area contributed by atoms with E-state index in [-0.39, 0.29) is 12.3 Å². The number of hydrogen-bond acceptors (Lipinski definition) is 3. The fourth-order valence-electron chi connectivity index (χ4n) is 1.86. The lowest BCUT2D eigenvalue weighted by Crippen LogP contribution is -2.15. The van der Waals surface area contributed by atoms with E-state index in [0.717, 1.165) is 10.0 Å². The highest BCUT2D eigenvalue weighted by atomic mass is 79.9. The zero-order chi connectivity index (χ0) is 15.2. The number of nitrogens with one attached hydrogen (secondary N) is 1. The molecule has 0 saturated carbocycles. The van der Waals surface area contributed by atoms with E-state index in [1.54, 1.807) is 24.3 Å². The van der Waals surface area contributed by atoms with Crippen LogP contribution in [0.1, 0.15) is 15.9 Å². The molecule has 0 unspecified atom stereocenters. The Balaban J connectivity index is 2.06. The van der Waals surface area contributed by atoms with Gasteiger partial charge in [0.2, 0.25) is 5.91 Å². The molecule has 21 heavy (non-hydrogen) atoms. The summed E-state index contributed by atoms with van der Waals surface area (Å²) in [7, 11) is 1.32. The van der Waals surface area contributed by atoms with Crippen molar-refractivity contribution in [2.75, 3.05) is 12.4 Å². The van der Waals surface area contributed by atoms with Crippen molar-refractivity contribution in [3.63, 3.8) is 0 Å². The molecule has 2 aromatic carbocycles. The van der Waals surface area contributed by atoms with Crippen molar-refractivity contribution >= 4 is 33.5 Å². The molecule has 0 radical (unpaired) electrons. The Bertz CT molecular complexity index is 670. The third-order valence-corrected chi connectivity index (χ3v) is 3.65. The highest BCUT2D eigenvalue weighted by molar-refractivity contribution is 9.10. The molecular weight excluding hydrogens is 334 g/mol. The number of ether oxygens (including phenoxy) is 1. The van der Waals surface area contributed by atoms with Gasteiger partial charge in [-0.05, 0) is 29.8 Å². The first-order chi connectivity index (χ1) is 10.1. The maximum Gasteiger partial charge on any atom is 0.337 e. The van der Waals surface area contributed by atoms with Gasteiger partial charge >= 0.3 is 5.97 Å². The van der Waals surface area contributed by atoms with Gasteiger partial charge in [0.05, 0.1) is 19.1 Å². The number of rotatable bonds is 4. The average molecular weight is 348 g/mol. The number of benzene rings is 2. The molecule has 1 N–H and O–H groups in total. The summed E-state index contributed by atoms with van der Waals surface area (Å²) in [5.74, 6) is -0.583. The van der Waals surface area contributed by atoms with E-state index in [0.29, 0.717) is 11.3 Å². The molecule has 2 rings (SSSR count). The van der Waals surface area contributed by atoms with Gasteiger partial charge in [-0.3, -0.25) is 4.79 Å². The van der Waals surface area contributed by atoms with Crippen molar-refractivity contribution in [1.29, 1.82) is 0 Å². The number of anilines is 1. The van der Waals surface area contributed by atoms with Crippen LogP contribution in [0.4, 0.5) is 5.69 Å². The number of hydrogen-bond donors (Lipinski definition) is 1. The van der Waals surface area contributed by atoms with E-state index in [2.05, 4.69) is 26.0 Å². The molecule has 0 aliphatic heterocycles. The van der Waals surface area contributed by atoms with Gasteiger partial charge in [-0.25, -0.2) is 4.79 Å². The molecule has 0 heterocycles. The second-order valence-electron chi connectivity index (χ2n) is 4.39. The first kappa shape index (κ1) is 15.3. The Labute approximate surface area is 131 Å². The van der Waals surface area contributed by atoms with Crippen LogP contribution in [0.3, 0.4) is 0 Å². The van der Waals surface area contributed by atoms with Gasteiger partial charge in [0, 0.05) is 10.2 Å². The molecule has 0 spiro atoms. The topological polar surface area (TPSA) is 55.4 Å². The second kappa shape index (κ2) is 7.04. The zero-order valence-corrected chi connectivity index (χ0v) is 13.0. The van der Waals surface area contributed by atoms with Crippen molar-refractivity contribution in [3.8, 4) is 0 Å². The minimum absolute atomic E-state index is 0.149. The van der Waals surface area contributed by atoms with Crippen LogP contribution in [0, 0.1) is 0 Å². The first-order valence-corrected chi connectivity index (χ1v) is 7.11. The van der Waals surface area contributed by atoms with Crippen LogP contribution in [0.15, 0.2) is 53.0 Å². The highest BCUT2D eigenvalue weighted by Gasteiger charge is 2.09. The summed E-state index contributed by atoms with van der Waals surface area (Å²) < 4.78 is 5.54. The molecule has 0 atom stereocenters. The summed E-state index contributed by atoms with van der Waals surface area (Å²) >= 11 is 3.41. The van der Waals surface area contributed by atoms with E-state index in [1.807, 2.05) is 24.3 Å². The first-order valence-electron chi connectivity index (χ1n) is 6.32. The van der Waals surface area contributed by atoms with Crippen molar-refractivity contribution < 1.29 is 14.3 Å². The number of carbonyl (C=O) groups excluding carboxylic acids is 2. The number of halogens is 1. The number of amides is 1. The molecule has 0 aliphatic rings. The van der Waals surface area contributed by atoms with Crippen molar-refractivity contribution in [1.82, 2.24) is 0 Å². The Kier molecular flexibility index (Phi) is 5.11. The smallest absolute Gasteiger partial charge is 0.337 e. The summed E-state index contributed by atoms with van der Waals surface area (Å²) in [6.45, 7) is 0. The lowest BCUT2D eigenvalue weighted by molar-refractivity contribution is -0.115. The van der Waals surface area contributed by atoms with E-state index in [9.17, 15) is 9.59 Å². The molecule has 108 valence electrons. The number of methoxy groups -OCH3 is 1. The second-order valence-corrected chi connectivity index (χ2v) is 5.24. The molecular formula is C16H14BrNO3. The van der Waals surface area contributed by atoms with Gasteiger partial charge < -0.3 is 10.1 Å². The SMILES string of the molecule is COC(=O)c1cccc(NC(=O)Cc2ccccc2Br)c1. The van der Waals surface area contributed by atoms with Gasteiger partial charge in [0.25, 0.3) is 0 Å². The van der Waals surface area contributed by atoms with Crippen LogP contribution in [0.5, 0.6) is 0 Å². The summed E-state index contributed by atoms with van der Waals surface area (Å²) in [5.41, 5.74) is 1.87. The summed E-state index contributed by atoms with van der Waals surface area (Å²) in [6.07, 6.45) is 0.254. The minimum atomic E-state index is -0.433. The van der Waals surface area contributed by atoms with Crippen molar-refractivity contribution in [2.45, 2.75) is 6.42 Å². The Morgan fingerprint density at radius 2 is 1.90 bits per heavy atom. The standard InChI is InChI=1S/C16H14BrNO3/c1-21-16(20)12-6-4-7-13(9-12)18-15(19)10-11-5-2-3-8-14(11)17/h2-9H,10H2,1H3,(H,18,19). The molecule has 4 nitrogen and oxygen atoms in total. The minimum Gasteiger partial charge on any atom is -0.465 e. The number of esters is 1. The number of carbonyl (C=O) groups is 2. The maximum absolute atomic E-state index is 12.0. The average Bonchev–Trinajstić information content (AvgIpc) is 2.49. The normalized spacial score (nSPS) is 10.0. The molecule has 0 bridgehead atoms. The quantitative estimate of drug-likeness (QED) is 0.862. The molecule has 0 aromatic heterocycles. The summed E-state index contributed by atoms with van der Waals surface area (Å²) in [4.78, 5) is 23.5. The van der Waals surface area contributed by atoms with Gasteiger partial charge in [-0.15, -0.1) is 0 Å². The summed E-state index contributed by atoms with van der Waals surface area (Å²) in [5, 5.41) is 2.77. The van der Waals surface area contributed by atoms with Crippen molar-refractivity contribution in [3.05, 3.63) is 64.1 Å². The Morgan fingerprint density at radius 1 is 1.14 bits per heavy atom. The van der Waals surface area contributed by atoms with E-state index in [4.69, 9.17) is 0 Å². The third kappa shape index (κ3) is 4.16. The van der Waals surface area contributed by atoms with Crippen LogP contribution in [0.2, 0.25) is 0 Å². The van der Waals surface area contributed by atoms with Crippen LogP contribution < -0.4 is 5.32 Å². The fraction of sp³-hybridized carbons (Fsp3) is 0.125. The van der Waals surface area contributed by atoms with Crippen LogP contribution in [0.25, 0.3) is 0 Å². The van der Waals surface area contributed by atoms with E-state index < -0.39 is 5.97 Å².